The number of furan rings is 1. The molecule has 0 aliphatic rings. The Morgan fingerprint density at radius 1 is 0.970 bits per heavy atom. The molecular weight excluding hydrogens is 479 g/mol. The highest BCUT2D eigenvalue weighted by molar-refractivity contribution is 6.36. The summed E-state index contributed by atoms with van der Waals surface area (Å²) in [6, 6.07) is 15.0. The maximum Gasteiger partial charge on any atom is 0.229 e. The van der Waals surface area contributed by atoms with Gasteiger partial charge in [0, 0.05) is 47.1 Å². The van der Waals surface area contributed by atoms with Gasteiger partial charge in [-0.2, -0.15) is 0 Å². The Bertz CT molecular complexity index is 1340. The maximum absolute atomic E-state index is 11.6. The van der Waals surface area contributed by atoms with Crippen molar-refractivity contribution in [2.45, 2.75) is 20.3 Å². The molecule has 0 saturated heterocycles. The van der Waals surface area contributed by atoms with Crippen LogP contribution in [0, 0.1) is 5.41 Å². The van der Waals surface area contributed by atoms with Crippen molar-refractivity contribution in [2.24, 2.45) is 5.41 Å². The van der Waals surface area contributed by atoms with E-state index in [4.69, 9.17) is 44.2 Å². The summed E-state index contributed by atoms with van der Waals surface area (Å²) >= 11 is 18.8. The summed E-state index contributed by atoms with van der Waals surface area (Å²) in [5.41, 5.74) is 4.05. The van der Waals surface area contributed by atoms with Gasteiger partial charge in [0.25, 0.3) is 0 Å². The summed E-state index contributed by atoms with van der Waals surface area (Å²) in [6.07, 6.45) is 1.40. The van der Waals surface area contributed by atoms with Crippen LogP contribution in [0.25, 0.3) is 33.5 Å². The lowest BCUT2D eigenvalue weighted by Gasteiger charge is -2.18. The van der Waals surface area contributed by atoms with Crippen LogP contribution in [-0.2, 0) is 11.2 Å². The first-order chi connectivity index (χ1) is 15.6. The van der Waals surface area contributed by atoms with Crippen LogP contribution in [0.3, 0.4) is 0 Å². The first-order valence-electron chi connectivity index (χ1n) is 10.4. The van der Waals surface area contributed by atoms with Crippen LogP contribution in [0.15, 0.2) is 52.9 Å². The topological polar surface area (TPSA) is 46.3 Å². The third-order valence-electron chi connectivity index (χ3n) is 5.45. The SMILES string of the molecule is CN(C)c1c(CC(C)(C)C=O)oc2nc(-c3ccc(Cl)cc3Cl)c(-c3ccc(Cl)cc3)cc12. The average molecular weight is 502 g/mol. The minimum absolute atomic E-state index is 0.452. The van der Waals surface area contributed by atoms with Crippen molar-refractivity contribution < 1.29 is 9.21 Å². The predicted octanol–water partition coefficient (Wildman–Crippen LogP) is 7.96. The van der Waals surface area contributed by atoms with Crippen LogP contribution >= 0.6 is 34.8 Å². The molecule has 33 heavy (non-hydrogen) atoms. The molecule has 4 nitrogen and oxygen atoms in total. The molecule has 4 rings (SSSR count). The lowest BCUT2D eigenvalue weighted by Crippen LogP contribution is -2.18. The molecule has 0 fully saturated rings. The fraction of sp³-hybridized carbons (Fsp3) is 0.231. The minimum atomic E-state index is -0.569. The quantitative estimate of drug-likeness (QED) is 0.251. The fourth-order valence-electron chi connectivity index (χ4n) is 3.86. The van der Waals surface area contributed by atoms with Crippen molar-refractivity contribution >= 4 is 57.9 Å². The first kappa shape index (κ1) is 23.6. The average Bonchev–Trinajstić information content (AvgIpc) is 3.09. The van der Waals surface area contributed by atoms with E-state index in [1.165, 1.54) is 0 Å². The number of hydrogen-bond acceptors (Lipinski definition) is 4. The molecule has 4 aromatic rings. The third-order valence-corrected chi connectivity index (χ3v) is 6.25. The molecule has 0 aliphatic heterocycles. The minimum Gasteiger partial charge on any atom is -0.440 e. The monoisotopic (exact) mass is 500 g/mol. The van der Waals surface area contributed by atoms with E-state index >= 15 is 0 Å². The highest BCUT2D eigenvalue weighted by Gasteiger charge is 2.27. The van der Waals surface area contributed by atoms with E-state index in [0.29, 0.717) is 38.7 Å². The lowest BCUT2D eigenvalue weighted by atomic mass is 9.89. The molecule has 0 saturated carbocycles. The Morgan fingerprint density at radius 3 is 2.24 bits per heavy atom. The van der Waals surface area contributed by atoms with Gasteiger partial charge in [0.15, 0.2) is 0 Å². The largest absolute Gasteiger partial charge is 0.440 e. The zero-order valence-corrected chi connectivity index (χ0v) is 21.0. The number of carbonyl (C=O) groups is 1. The van der Waals surface area contributed by atoms with Crippen LogP contribution in [0.1, 0.15) is 19.6 Å². The Morgan fingerprint density at radius 2 is 1.64 bits per heavy atom. The van der Waals surface area contributed by atoms with E-state index in [1.807, 2.05) is 63.2 Å². The molecule has 0 bridgehead atoms. The van der Waals surface area contributed by atoms with Crippen LogP contribution < -0.4 is 4.90 Å². The van der Waals surface area contributed by atoms with Gasteiger partial charge in [-0.3, -0.25) is 0 Å². The first-order valence-corrected chi connectivity index (χ1v) is 11.5. The molecule has 0 aliphatic carbocycles. The molecule has 0 amide bonds. The number of aromatic nitrogens is 1. The molecule has 0 radical (unpaired) electrons. The van der Waals surface area contributed by atoms with E-state index in [1.54, 1.807) is 12.1 Å². The second-order valence-electron chi connectivity index (χ2n) is 8.92. The molecule has 2 aromatic heterocycles. The number of anilines is 1. The highest BCUT2D eigenvalue weighted by atomic mass is 35.5. The van der Waals surface area contributed by atoms with Gasteiger partial charge in [-0.15, -0.1) is 0 Å². The number of carbonyl (C=O) groups excluding carboxylic acids is 1. The molecule has 0 N–H and O–H groups in total. The molecule has 2 aromatic carbocycles. The Kier molecular flexibility index (Phi) is 6.45. The number of aldehydes is 1. The van der Waals surface area contributed by atoms with Gasteiger partial charge in [0.1, 0.15) is 12.0 Å². The van der Waals surface area contributed by atoms with Crippen molar-refractivity contribution in [1.29, 1.82) is 0 Å². The van der Waals surface area contributed by atoms with Gasteiger partial charge in [0.2, 0.25) is 5.71 Å². The number of fused-ring (bicyclic) bond motifs is 1. The second kappa shape index (κ2) is 9.02. The van der Waals surface area contributed by atoms with E-state index in [-0.39, 0.29) is 0 Å². The summed E-state index contributed by atoms with van der Waals surface area (Å²) in [4.78, 5) is 18.5. The summed E-state index contributed by atoms with van der Waals surface area (Å²) in [6.45, 7) is 3.77. The van der Waals surface area contributed by atoms with Gasteiger partial charge in [-0.1, -0.05) is 60.8 Å². The number of hydrogen-bond donors (Lipinski definition) is 0. The standard InChI is InChI=1S/C26H23Cl3N2O2/c1-26(2,14-32)13-22-24(31(3)4)20-12-19(15-5-7-16(27)8-6-15)23(30-25(20)33-22)18-10-9-17(28)11-21(18)29/h5-12,14H,13H2,1-4H3. The van der Waals surface area contributed by atoms with Gasteiger partial charge < -0.3 is 14.1 Å². The molecule has 170 valence electrons. The fourth-order valence-corrected chi connectivity index (χ4v) is 4.49. The number of pyridine rings is 1. The summed E-state index contributed by atoms with van der Waals surface area (Å²) in [5.74, 6) is 0.709. The third kappa shape index (κ3) is 4.74. The van der Waals surface area contributed by atoms with E-state index in [0.717, 1.165) is 34.1 Å². The summed E-state index contributed by atoms with van der Waals surface area (Å²) < 4.78 is 6.23. The van der Waals surface area contributed by atoms with Crippen molar-refractivity contribution in [3.05, 3.63) is 69.4 Å². The predicted molar refractivity (Wildman–Crippen MR) is 138 cm³/mol. The highest BCUT2D eigenvalue weighted by Crippen LogP contribution is 2.42. The van der Waals surface area contributed by atoms with Crippen LogP contribution in [0.2, 0.25) is 15.1 Å². The number of benzene rings is 2. The zero-order valence-electron chi connectivity index (χ0n) is 18.7. The normalized spacial score (nSPS) is 11.7. The van der Waals surface area contributed by atoms with E-state index in [2.05, 4.69) is 6.07 Å². The Hall–Kier alpha value is -2.53. The van der Waals surface area contributed by atoms with Crippen molar-refractivity contribution in [2.75, 3.05) is 19.0 Å². The molecular formula is C26H23Cl3N2O2. The van der Waals surface area contributed by atoms with Crippen molar-refractivity contribution in [1.82, 2.24) is 4.98 Å². The number of rotatable bonds is 6. The van der Waals surface area contributed by atoms with Gasteiger partial charge >= 0.3 is 0 Å². The van der Waals surface area contributed by atoms with Crippen LogP contribution in [0.4, 0.5) is 5.69 Å². The zero-order chi connectivity index (χ0) is 23.9. The molecule has 2 heterocycles. The van der Waals surface area contributed by atoms with E-state index in [9.17, 15) is 4.79 Å². The summed E-state index contributed by atoms with van der Waals surface area (Å²) in [5, 5.41) is 2.54. The smallest absolute Gasteiger partial charge is 0.229 e. The maximum atomic E-state index is 11.6. The van der Waals surface area contributed by atoms with Crippen LogP contribution in [0.5, 0.6) is 0 Å². The van der Waals surface area contributed by atoms with E-state index < -0.39 is 5.41 Å². The van der Waals surface area contributed by atoms with Crippen molar-refractivity contribution in [3.63, 3.8) is 0 Å². The lowest BCUT2D eigenvalue weighted by molar-refractivity contribution is -0.114. The molecule has 7 heteroatoms. The van der Waals surface area contributed by atoms with Crippen LogP contribution in [-0.4, -0.2) is 25.4 Å². The number of halogens is 3. The summed E-state index contributed by atoms with van der Waals surface area (Å²) in [7, 11) is 3.90. The Balaban J connectivity index is 2.04. The molecule has 0 atom stereocenters. The molecule has 0 unspecified atom stereocenters. The van der Waals surface area contributed by atoms with Crippen molar-refractivity contribution in [3.8, 4) is 22.4 Å². The molecule has 0 spiro atoms. The van der Waals surface area contributed by atoms with Gasteiger partial charge in [0.05, 0.1) is 21.8 Å². The van der Waals surface area contributed by atoms with Gasteiger partial charge in [-0.05, 0) is 42.0 Å². The Labute approximate surface area is 208 Å². The van der Waals surface area contributed by atoms with Gasteiger partial charge in [-0.25, -0.2) is 4.98 Å². The second-order valence-corrected chi connectivity index (χ2v) is 10.2. The number of nitrogens with zero attached hydrogens (tertiary/aromatic N) is 2.